The summed E-state index contributed by atoms with van der Waals surface area (Å²) in [6.45, 7) is 0. The smallest absolute Gasteiger partial charge is 0.257 e. The van der Waals surface area contributed by atoms with Crippen molar-refractivity contribution in [3.05, 3.63) is 23.7 Å². The molecule has 4 nitrogen and oxygen atoms in total. The van der Waals surface area contributed by atoms with Crippen LogP contribution in [0.3, 0.4) is 0 Å². The van der Waals surface area contributed by atoms with Crippen molar-refractivity contribution in [2.75, 3.05) is 4.72 Å². The molecule has 0 atom stereocenters. The molecule has 1 N–H and O–H groups in total. The summed E-state index contributed by atoms with van der Waals surface area (Å²) in [5.74, 6) is 0.576. The number of rotatable bonds is 0. The number of hydrogen-bond donors (Lipinski definition) is 1. The fourth-order valence-electron chi connectivity index (χ4n) is 0.935. The van der Waals surface area contributed by atoms with Crippen molar-refractivity contribution < 1.29 is 8.42 Å². The van der Waals surface area contributed by atoms with Gasteiger partial charge in [-0.05, 0) is 12.1 Å². The van der Waals surface area contributed by atoms with Crippen molar-refractivity contribution in [3.63, 3.8) is 0 Å². The Morgan fingerprint density at radius 2 is 2.27 bits per heavy atom. The molecule has 0 saturated carbocycles. The Morgan fingerprint density at radius 1 is 1.45 bits per heavy atom. The molecular weight excluding hydrogens is 164 g/mol. The number of anilines is 1. The second-order valence-corrected chi connectivity index (χ2v) is 3.80. The van der Waals surface area contributed by atoms with Crippen molar-refractivity contribution in [2.24, 2.45) is 0 Å². The molecule has 1 aromatic rings. The zero-order valence-corrected chi connectivity index (χ0v) is 6.38. The molecule has 1 aliphatic rings. The average Bonchev–Trinajstić information content (AvgIpc) is 2.31. The Kier molecular flexibility index (Phi) is 1.11. The van der Waals surface area contributed by atoms with Crippen LogP contribution >= 0.6 is 0 Å². The summed E-state index contributed by atoms with van der Waals surface area (Å²) in [7, 11) is -3.22. The lowest BCUT2D eigenvalue weighted by molar-refractivity contribution is 0.608. The highest BCUT2D eigenvalue weighted by Crippen LogP contribution is 2.16. The molecule has 2 rings (SSSR count). The highest BCUT2D eigenvalue weighted by Gasteiger charge is 2.12. The molecule has 0 aliphatic carbocycles. The molecular formula is C6H6N2O2S. The predicted molar refractivity (Wildman–Crippen MR) is 42.3 cm³/mol. The van der Waals surface area contributed by atoms with Crippen LogP contribution in [0.5, 0.6) is 0 Å². The second-order valence-electron chi connectivity index (χ2n) is 2.23. The zero-order valence-electron chi connectivity index (χ0n) is 5.56. The summed E-state index contributed by atoms with van der Waals surface area (Å²) in [6.07, 6.45) is 3.27. The maximum atomic E-state index is 10.9. The molecule has 58 valence electrons. The first-order chi connectivity index (χ1) is 5.17. The van der Waals surface area contributed by atoms with E-state index in [0.717, 1.165) is 5.41 Å². The third-order valence-electron chi connectivity index (χ3n) is 1.43. The van der Waals surface area contributed by atoms with Crippen molar-refractivity contribution in [2.45, 2.75) is 0 Å². The largest absolute Gasteiger partial charge is 0.309 e. The quantitative estimate of drug-likeness (QED) is 0.622. The Morgan fingerprint density at radius 3 is 3.09 bits per heavy atom. The maximum Gasteiger partial charge on any atom is 0.257 e. The Balaban J connectivity index is 2.60. The summed E-state index contributed by atoms with van der Waals surface area (Å²) < 4.78 is 25.9. The minimum absolute atomic E-state index is 0.576. The van der Waals surface area contributed by atoms with E-state index in [1.54, 1.807) is 22.9 Å². The van der Waals surface area contributed by atoms with E-state index in [0.29, 0.717) is 5.82 Å². The molecule has 5 heteroatoms. The van der Waals surface area contributed by atoms with Crippen LogP contribution < -0.4 is 4.72 Å². The molecule has 1 aliphatic heterocycles. The van der Waals surface area contributed by atoms with Gasteiger partial charge >= 0.3 is 0 Å². The summed E-state index contributed by atoms with van der Waals surface area (Å²) >= 11 is 0. The predicted octanol–water partition coefficient (Wildman–Crippen LogP) is 0.672. The molecule has 0 bridgehead atoms. The van der Waals surface area contributed by atoms with E-state index >= 15 is 0 Å². The third-order valence-corrected chi connectivity index (χ3v) is 2.40. The SMILES string of the molecule is O=S1(=O)C=Cn2cccc2N1. The molecule has 0 radical (unpaired) electrons. The fraction of sp³-hybridized carbons (Fsp3) is 0. The standard InChI is InChI=1S/C6H6N2O2S/c9-11(10)5-4-8-3-1-2-6(8)7-11/h1-5,7H. The van der Waals surface area contributed by atoms with Gasteiger partial charge in [-0.2, -0.15) is 0 Å². The van der Waals surface area contributed by atoms with Gasteiger partial charge in [0.25, 0.3) is 10.0 Å². The Bertz CT molecular complexity index is 402. The van der Waals surface area contributed by atoms with Crippen LogP contribution in [0.25, 0.3) is 6.20 Å². The Labute approximate surface area is 64.2 Å². The molecule has 1 aromatic heterocycles. The first kappa shape index (κ1) is 6.48. The van der Waals surface area contributed by atoms with Gasteiger partial charge in [0.1, 0.15) is 5.82 Å². The van der Waals surface area contributed by atoms with Gasteiger partial charge in [-0.3, -0.25) is 4.72 Å². The van der Waals surface area contributed by atoms with Crippen LogP contribution in [-0.4, -0.2) is 13.0 Å². The third kappa shape index (κ3) is 1.03. The Hall–Kier alpha value is -1.23. The molecule has 11 heavy (non-hydrogen) atoms. The van der Waals surface area contributed by atoms with Crippen molar-refractivity contribution in [3.8, 4) is 0 Å². The first-order valence-corrected chi connectivity index (χ1v) is 4.60. The van der Waals surface area contributed by atoms with Crippen LogP contribution in [-0.2, 0) is 10.0 Å². The maximum absolute atomic E-state index is 10.9. The molecule has 0 saturated heterocycles. The minimum Gasteiger partial charge on any atom is -0.309 e. The van der Waals surface area contributed by atoms with Gasteiger partial charge in [0.15, 0.2) is 0 Å². The van der Waals surface area contributed by atoms with Crippen molar-refractivity contribution in [1.82, 2.24) is 4.57 Å². The van der Waals surface area contributed by atoms with Crippen molar-refractivity contribution in [1.29, 1.82) is 0 Å². The van der Waals surface area contributed by atoms with Gasteiger partial charge in [0, 0.05) is 12.4 Å². The van der Waals surface area contributed by atoms with E-state index in [2.05, 4.69) is 4.72 Å². The average molecular weight is 170 g/mol. The minimum atomic E-state index is -3.22. The van der Waals surface area contributed by atoms with Crippen LogP contribution in [0, 0.1) is 0 Å². The number of nitrogens with zero attached hydrogens (tertiary/aromatic N) is 1. The summed E-state index contributed by atoms with van der Waals surface area (Å²) in [5.41, 5.74) is 0. The van der Waals surface area contributed by atoms with Gasteiger partial charge in [-0.1, -0.05) is 0 Å². The molecule has 0 spiro atoms. The number of hydrogen-bond acceptors (Lipinski definition) is 2. The lowest BCUT2D eigenvalue weighted by atomic mass is 10.6. The number of aromatic nitrogens is 1. The summed E-state index contributed by atoms with van der Waals surface area (Å²) in [5, 5.41) is 1.12. The van der Waals surface area contributed by atoms with Crippen LogP contribution in [0.15, 0.2) is 23.7 Å². The van der Waals surface area contributed by atoms with Gasteiger partial charge in [0.05, 0.1) is 5.41 Å². The topological polar surface area (TPSA) is 51.1 Å². The summed E-state index contributed by atoms with van der Waals surface area (Å²) in [6, 6.07) is 3.47. The van der Waals surface area contributed by atoms with E-state index in [9.17, 15) is 8.42 Å². The highest BCUT2D eigenvalue weighted by molar-refractivity contribution is 7.95. The van der Waals surface area contributed by atoms with Crippen LogP contribution in [0.1, 0.15) is 0 Å². The van der Waals surface area contributed by atoms with E-state index in [1.165, 1.54) is 6.20 Å². The zero-order chi connectivity index (χ0) is 7.90. The summed E-state index contributed by atoms with van der Waals surface area (Å²) in [4.78, 5) is 0. The highest BCUT2D eigenvalue weighted by atomic mass is 32.2. The van der Waals surface area contributed by atoms with E-state index in [-0.39, 0.29) is 0 Å². The number of nitrogens with one attached hydrogen (secondary N) is 1. The molecule has 0 fully saturated rings. The van der Waals surface area contributed by atoms with Crippen LogP contribution in [0.2, 0.25) is 0 Å². The van der Waals surface area contributed by atoms with Gasteiger partial charge < -0.3 is 4.57 Å². The fourth-order valence-corrected chi connectivity index (χ4v) is 1.76. The first-order valence-electron chi connectivity index (χ1n) is 3.05. The van der Waals surface area contributed by atoms with Gasteiger partial charge in [0.2, 0.25) is 0 Å². The monoisotopic (exact) mass is 170 g/mol. The van der Waals surface area contributed by atoms with Crippen molar-refractivity contribution >= 4 is 22.0 Å². The van der Waals surface area contributed by atoms with E-state index in [4.69, 9.17) is 0 Å². The lowest BCUT2D eigenvalue weighted by Gasteiger charge is -2.10. The normalized spacial score (nSPS) is 18.9. The van der Waals surface area contributed by atoms with Gasteiger partial charge in [-0.15, -0.1) is 0 Å². The van der Waals surface area contributed by atoms with E-state index < -0.39 is 10.0 Å². The number of sulfonamides is 1. The van der Waals surface area contributed by atoms with Gasteiger partial charge in [-0.25, -0.2) is 8.42 Å². The molecule has 2 heterocycles. The molecule has 0 aromatic carbocycles. The molecule has 0 amide bonds. The number of fused-ring (bicyclic) bond motifs is 1. The lowest BCUT2D eigenvalue weighted by Crippen LogP contribution is -2.14. The molecule has 0 unspecified atom stereocenters. The van der Waals surface area contributed by atoms with Crippen LogP contribution in [0.4, 0.5) is 5.82 Å². The van der Waals surface area contributed by atoms with E-state index in [1.807, 2.05) is 0 Å². The second kappa shape index (κ2) is 1.88.